The smallest absolute Gasteiger partial charge is 0.404 e. The molecule has 0 aliphatic heterocycles. The molecule has 0 spiro atoms. The van der Waals surface area contributed by atoms with Crippen molar-refractivity contribution in [3.8, 4) is 17.2 Å². The van der Waals surface area contributed by atoms with Gasteiger partial charge in [0.2, 0.25) is 0 Å². The van der Waals surface area contributed by atoms with Crippen LogP contribution < -0.4 is 10.1 Å². The van der Waals surface area contributed by atoms with Crippen LogP contribution in [-0.2, 0) is 6.42 Å². The number of benzene rings is 2. The van der Waals surface area contributed by atoms with Gasteiger partial charge in [0.05, 0.1) is 19.8 Å². The van der Waals surface area contributed by atoms with E-state index in [-0.39, 0.29) is 12.4 Å². The first-order valence-corrected chi connectivity index (χ1v) is 9.10. The summed E-state index contributed by atoms with van der Waals surface area (Å²) in [6.45, 7) is -0.273. The third-order valence-corrected chi connectivity index (χ3v) is 4.75. The van der Waals surface area contributed by atoms with Gasteiger partial charge >= 0.3 is 6.09 Å². The number of hydrogen-bond acceptors (Lipinski definition) is 4. The van der Waals surface area contributed by atoms with Gasteiger partial charge in [-0.1, -0.05) is 0 Å². The lowest BCUT2D eigenvalue weighted by molar-refractivity contribution is 0.177. The van der Waals surface area contributed by atoms with Crippen LogP contribution >= 0.6 is 45.2 Å². The van der Waals surface area contributed by atoms with Crippen LogP contribution in [0.1, 0.15) is 5.56 Å². The lowest BCUT2D eigenvalue weighted by Gasteiger charge is -2.16. The van der Waals surface area contributed by atoms with Gasteiger partial charge in [-0.2, -0.15) is 0 Å². The molecule has 2 aromatic carbocycles. The van der Waals surface area contributed by atoms with Crippen LogP contribution in [0.5, 0.6) is 17.2 Å². The first-order chi connectivity index (χ1) is 11.4. The number of nitrogens with one attached hydrogen (secondary N) is 1. The molecule has 0 heterocycles. The Hall–Kier alpha value is -1.27. The molecule has 1 unspecified atom stereocenters. The molecule has 8 heteroatoms. The Morgan fingerprint density at radius 2 is 1.75 bits per heavy atom. The molecule has 0 radical (unpaired) electrons. The van der Waals surface area contributed by atoms with Crippen molar-refractivity contribution in [1.82, 2.24) is 5.32 Å². The number of hydrogen-bond donors (Lipinski definition) is 4. The van der Waals surface area contributed by atoms with Crippen molar-refractivity contribution < 1.29 is 24.9 Å². The molecule has 2 rings (SSSR count). The standard InChI is InChI=1S/C16H15I2NO5/c17-13-6-9(5-10(8-20)19-16(22)23)7-14(18)15(13)24-12-3-1-11(21)2-4-12/h1-4,6-7,10,19-21H,5,8H2,(H,22,23). The summed E-state index contributed by atoms with van der Waals surface area (Å²) in [4.78, 5) is 10.7. The van der Waals surface area contributed by atoms with Crippen molar-refractivity contribution in [3.05, 3.63) is 49.1 Å². The van der Waals surface area contributed by atoms with Gasteiger partial charge in [-0.3, -0.25) is 0 Å². The Morgan fingerprint density at radius 1 is 1.17 bits per heavy atom. The van der Waals surface area contributed by atoms with Gasteiger partial charge in [-0.15, -0.1) is 0 Å². The van der Waals surface area contributed by atoms with Crippen LogP contribution in [0, 0.1) is 7.14 Å². The van der Waals surface area contributed by atoms with Crippen LogP contribution in [0.25, 0.3) is 0 Å². The number of carbonyl (C=O) groups is 1. The van der Waals surface area contributed by atoms with Gasteiger partial charge in [0.25, 0.3) is 0 Å². The number of rotatable bonds is 6. The number of aliphatic hydroxyl groups excluding tert-OH is 1. The van der Waals surface area contributed by atoms with Crippen molar-refractivity contribution >= 4 is 51.3 Å². The maximum Gasteiger partial charge on any atom is 0.404 e. The van der Waals surface area contributed by atoms with Gasteiger partial charge in [0.1, 0.15) is 11.5 Å². The maximum absolute atomic E-state index is 10.7. The highest BCUT2D eigenvalue weighted by molar-refractivity contribution is 14.1. The zero-order valence-electron chi connectivity index (χ0n) is 12.4. The minimum Gasteiger partial charge on any atom is -0.508 e. The van der Waals surface area contributed by atoms with Crippen LogP contribution in [0.4, 0.5) is 4.79 Å². The fourth-order valence-electron chi connectivity index (χ4n) is 2.08. The highest BCUT2D eigenvalue weighted by atomic mass is 127. The molecule has 0 aliphatic rings. The Bertz CT molecular complexity index is 698. The summed E-state index contributed by atoms with van der Waals surface area (Å²) in [5, 5.41) is 29.6. The summed E-state index contributed by atoms with van der Waals surface area (Å²) < 4.78 is 7.60. The average Bonchev–Trinajstić information content (AvgIpc) is 2.51. The fraction of sp³-hybridized carbons (Fsp3) is 0.188. The molecule has 6 nitrogen and oxygen atoms in total. The van der Waals surface area contributed by atoms with E-state index in [4.69, 9.17) is 9.84 Å². The summed E-state index contributed by atoms with van der Waals surface area (Å²) in [6.07, 6.45) is -0.778. The van der Waals surface area contributed by atoms with E-state index in [0.717, 1.165) is 12.7 Å². The predicted molar refractivity (Wildman–Crippen MR) is 106 cm³/mol. The Balaban J connectivity index is 2.18. The highest BCUT2D eigenvalue weighted by Crippen LogP contribution is 2.33. The predicted octanol–water partition coefficient (Wildman–Crippen LogP) is 3.56. The molecular formula is C16H15I2NO5. The quantitative estimate of drug-likeness (QED) is 0.409. The zero-order valence-corrected chi connectivity index (χ0v) is 16.7. The average molecular weight is 555 g/mol. The lowest BCUT2D eigenvalue weighted by Crippen LogP contribution is -2.38. The van der Waals surface area contributed by atoms with E-state index < -0.39 is 12.1 Å². The second kappa shape index (κ2) is 8.72. The van der Waals surface area contributed by atoms with Crippen molar-refractivity contribution in [3.63, 3.8) is 0 Å². The van der Waals surface area contributed by atoms with Crippen LogP contribution in [0.2, 0.25) is 0 Å². The SMILES string of the molecule is O=C(O)NC(CO)Cc1cc(I)c(Oc2ccc(O)cc2)c(I)c1. The number of ether oxygens (including phenoxy) is 1. The molecule has 128 valence electrons. The Morgan fingerprint density at radius 3 is 2.25 bits per heavy atom. The van der Waals surface area contributed by atoms with Gasteiger partial charge in [0.15, 0.2) is 5.75 Å². The monoisotopic (exact) mass is 555 g/mol. The van der Waals surface area contributed by atoms with Gasteiger partial charge in [-0.25, -0.2) is 4.79 Å². The van der Waals surface area contributed by atoms with E-state index >= 15 is 0 Å². The van der Waals surface area contributed by atoms with Gasteiger partial charge in [-0.05, 0) is 93.6 Å². The van der Waals surface area contributed by atoms with E-state index in [1.54, 1.807) is 24.3 Å². The highest BCUT2D eigenvalue weighted by Gasteiger charge is 2.15. The molecular weight excluding hydrogens is 540 g/mol. The number of amides is 1. The largest absolute Gasteiger partial charge is 0.508 e. The van der Waals surface area contributed by atoms with Crippen LogP contribution in [-0.4, -0.2) is 34.1 Å². The molecule has 0 saturated carbocycles. The third kappa shape index (κ3) is 5.38. The van der Waals surface area contributed by atoms with Gasteiger partial charge in [0, 0.05) is 0 Å². The normalized spacial score (nSPS) is 11.8. The summed E-state index contributed by atoms with van der Waals surface area (Å²) in [7, 11) is 0. The fourth-order valence-corrected chi connectivity index (χ4v) is 4.20. The molecule has 1 amide bonds. The molecule has 0 aromatic heterocycles. The second-order valence-electron chi connectivity index (χ2n) is 5.02. The third-order valence-electron chi connectivity index (χ3n) is 3.14. The van der Waals surface area contributed by atoms with Crippen molar-refractivity contribution in [1.29, 1.82) is 0 Å². The summed E-state index contributed by atoms with van der Waals surface area (Å²) in [5.74, 6) is 1.47. The Labute approximate surface area is 166 Å². The minimum absolute atomic E-state index is 0.170. The molecule has 24 heavy (non-hydrogen) atoms. The van der Waals surface area contributed by atoms with Crippen LogP contribution in [0.3, 0.4) is 0 Å². The summed E-state index contributed by atoms with van der Waals surface area (Å²) in [6, 6.07) is 9.68. The number of aromatic hydroxyl groups is 1. The maximum atomic E-state index is 10.7. The summed E-state index contributed by atoms with van der Waals surface area (Å²) >= 11 is 4.30. The molecule has 0 saturated heterocycles. The van der Waals surface area contributed by atoms with Crippen molar-refractivity contribution in [2.45, 2.75) is 12.5 Å². The number of halogens is 2. The van der Waals surface area contributed by atoms with E-state index in [9.17, 15) is 15.0 Å². The van der Waals surface area contributed by atoms with Crippen molar-refractivity contribution in [2.75, 3.05) is 6.61 Å². The Kier molecular flexibility index (Phi) is 6.92. The van der Waals surface area contributed by atoms with E-state index in [0.29, 0.717) is 17.9 Å². The number of phenols is 1. The topological polar surface area (TPSA) is 99.0 Å². The van der Waals surface area contributed by atoms with E-state index in [1.165, 1.54) is 0 Å². The molecule has 2 aromatic rings. The zero-order chi connectivity index (χ0) is 17.7. The number of carboxylic acid groups (broad SMARTS) is 1. The molecule has 0 fully saturated rings. The minimum atomic E-state index is -1.16. The lowest BCUT2D eigenvalue weighted by atomic mass is 10.1. The molecule has 0 bridgehead atoms. The van der Waals surface area contributed by atoms with Gasteiger partial charge < -0.3 is 25.4 Å². The van der Waals surface area contributed by atoms with Crippen molar-refractivity contribution in [2.24, 2.45) is 0 Å². The molecule has 1 atom stereocenters. The van der Waals surface area contributed by atoms with Crippen LogP contribution in [0.15, 0.2) is 36.4 Å². The number of phenolic OH excluding ortho intramolecular Hbond substituents is 1. The van der Waals surface area contributed by atoms with E-state index in [1.807, 2.05) is 12.1 Å². The molecule has 4 N–H and O–H groups in total. The first-order valence-electron chi connectivity index (χ1n) is 6.94. The molecule has 0 aliphatic carbocycles. The first kappa shape index (κ1) is 19.1. The second-order valence-corrected chi connectivity index (χ2v) is 7.34. The number of aliphatic hydroxyl groups is 1. The van der Waals surface area contributed by atoms with E-state index in [2.05, 4.69) is 50.5 Å². The summed E-state index contributed by atoms with van der Waals surface area (Å²) in [5.41, 5.74) is 0.898.